The number of aromatic nitrogens is 2. The largest absolute Gasteiger partial charge is 0.369 e. The molecule has 4 fully saturated rings. The van der Waals surface area contributed by atoms with Gasteiger partial charge in [0.2, 0.25) is 5.91 Å². The average Bonchev–Trinajstić information content (AvgIpc) is 3.37. The normalized spacial score (nSPS) is 33.2. The lowest BCUT2D eigenvalue weighted by atomic mass is 9.73. The van der Waals surface area contributed by atoms with Crippen molar-refractivity contribution in [3.05, 3.63) is 17.5 Å². The van der Waals surface area contributed by atoms with E-state index in [2.05, 4.69) is 34.3 Å². The summed E-state index contributed by atoms with van der Waals surface area (Å²) in [5, 5.41) is 10.2. The standard InChI is InChI=1S/C22H32N4O3/c1-13(2)8-15-9-18(25-24-15)20(27)23-10-16-17-11-26(21(28)14-4-3-5-14)12-22(17)7-6-19(16)29-22/h9,13-14,16-17,19H,3-8,10-12H2,1-2H3,(H,23,27)(H,24,25)/t16-,17+,19+,22+/m0/s1. The highest BCUT2D eigenvalue weighted by Gasteiger charge is 2.63. The molecular formula is C22H32N4O3. The summed E-state index contributed by atoms with van der Waals surface area (Å²) in [6, 6.07) is 1.85. The van der Waals surface area contributed by atoms with Crippen LogP contribution in [0.25, 0.3) is 0 Å². The van der Waals surface area contributed by atoms with Crippen LogP contribution in [0.2, 0.25) is 0 Å². The lowest BCUT2D eigenvalue weighted by Gasteiger charge is -2.30. The van der Waals surface area contributed by atoms with E-state index >= 15 is 0 Å². The topological polar surface area (TPSA) is 87.3 Å². The quantitative estimate of drug-likeness (QED) is 0.766. The number of rotatable bonds is 6. The third-order valence-corrected chi connectivity index (χ3v) is 7.54. The number of hydrogen-bond acceptors (Lipinski definition) is 4. The van der Waals surface area contributed by atoms with Gasteiger partial charge in [0.1, 0.15) is 5.69 Å². The van der Waals surface area contributed by atoms with Gasteiger partial charge >= 0.3 is 0 Å². The molecule has 7 heteroatoms. The van der Waals surface area contributed by atoms with Crippen LogP contribution in [0, 0.1) is 23.7 Å². The molecule has 158 valence electrons. The fraction of sp³-hybridized carbons (Fsp3) is 0.773. The lowest BCUT2D eigenvalue weighted by molar-refractivity contribution is -0.138. The van der Waals surface area contributed by atoms with Gasteiger partial charge in [-0.2, -0.15) is 5.10 Å². The fourth-order valence-corrected chi connectivity index (χ4v) is 5.87. The minimum atomic E-state index is -0.170. The van der Waals surface area contributed by atoms with Gasteiger partial charge in [-0.05, 0) is 44.1 Å². The van der Waals surface area contributed by atoms with Crippen LogP contribution in [0.4, 0.5) is 0 Å². The van der Waals surface area contributed by atoms with Crippen molar-refractivity contribution in [2.75, 3.05) is 19.6 Å². The van der Waals surface area contributed by atoms with E-state index in [4.69, 9.17) is 4.74 Å². The number of H-pyrrole nitrogens is 1. The van der Waals surface area contributed by atoms with Gasteiger partial charge in [-0.25, -0.2) is 0 Å². The Morgan fingerprint density at radius 2 is 2.21 bits per heavy atom. The van der Waals surface area contributed by atoms with Crippen molar-refractivity contribution in [3.8, 4) is 0 Å². The molecule has 7 nitrogen and oxygen atoms in total. The molecule has 1 saturated carbocycles. The van der Waals surface area contributed by atoms with E-state index in [-0.39, 0.29) is 29.4 Å². The summed E-state index contributed by atoms with van der Waals surface area (Å²) >= 11 is 0. The molecule has 3 saturated heterocycles. The highest BCUT2D eigenvalue weighted by molar-refractivity contribution is 5.92. The number of likely N-dealkylation sites (tertiary alicyclic amines) is 1. The summed E-state index contributed by atoms with van der Waals surface area (Å²) in [6.07, 6.45) is 6.42. The number of amides is 2. The van der Waals surface area contributed by atoms with Gasteiger partial charge in [0, 0.05) is 36.5 Å². The van der Waals surface area contributed by atoms with Crippen molar-refractivity contribution in [2.45, 2.75) is 64.1 Å². The highest BCUT2D eigenvalue weighted by atomic mass is 16.5. The number of fused-ring (bicyclic) bond motifs is 1. The molecule has 5 rings (SSSR count). The van der Waals surface area contributed by atoms with Gasteiger partial charge in [-0.15, -0.1) is 0 Å². The Kier molecular flexibility index (Phi) is 4.68. The predicted molar refractivity (Wildman–Crippen MR) is 107 cm³/mol. The van der Waals surface area contributed by atoms with E-state index in [1.54, 1.807) is 0 Å². The van der Waals surface area contributed by atoms with E-state index in [9.17, 15) is 9.59 Å². The maximum Gasteiger partial charge on any atom is 0.271 e. The fourth-order valence-electron chi connectivity index (χ4n) is 5.87. The Bertz CT molecular complexity index is 802. The van der Waals surface area contributed by atoms with Crippen LogP contribution >= 0.6 is 0 Å². The van der Waals surface area contributed by atoms with Gasteiger partial charge in [0.15, 0.2) is 0 Å². The van der Waals surface area contributed by atoms with Crippen LogP contribution in [0.3, 0.4) is 0 Å². The van der Waals surface area contributed by atoms with Crippen LogP contribution in [0.5, 0.6) is 0 Å². The number of aromatic amines is 1. The van der Waals surface area contributed by atoms with Gasteiger partial charge < -0.3 is 15.0 Å². The molecule has 2 amide bonds. The van der Waals surface area contributed by atoms with Crippen LogP contribution in [-0.2, 0) is 16.0 Å². The number of nitrogens with one attached hydrogen (secondary N) is 2. The minimum absolute atomic E-state index is 0.131. The van der Waals surface area contributed by atoms with Crippen LogP contribution < -0.4 is 5.32 Å². The van der Waals surface area contributed by atoms with E-state index in [0.717, 1.165) is 50.9 Å². The van der Waals surface area contributed by atoms with Crippen molar-refractivity contribution in [1.29, 1.82) is 0 Å². The summed E-state index contributed by atoms with van der Waals surface area (Å²) in [5.41, 5.74) is 1.27. The summed E-state index contributed by atoms with van der Waals surface area (Å²) in [4.78, 5) is 27.4. The Balaban J connectivity index is 1.21. The first kappa shape index (κ1) is 19.1. The van der Waals surface area contributed by atoms with E-state index in [1.807, 2.05) is 6.07 Å². The maximum atomic E-state index is 12.8. The third-order valence-electron chi connectivity index (χ3n) is 7.54. The second kappa shape index (κ2) is 7.11. The SMILES string of the molecule is CC(C)Cc1cc(C(=O)NC[C@H]2[C@H]3CN(C(=O)C4CCC4)C[C@]34CC[C@H]2O4)n[nH]1. The number of hydrogen-bond donors (Lipinski definition) is 2. The molecule has 2 bridgehead atoms. The molecule has 0 unspecified atom stereocenters. The molecule has 1 aliphatic carbocycles. The summed E-state index contributed by atoms with van der Waals surface area (Å²) < 4.78 is 6.43. The Labute approximate surface area is 171 Å². The average molecular weight is 401 g/mol. The third kappa shape index (κ3) is 3.27. The highest BCUT2D eigenvalue weighted by Crippen LogP contribution is 2.55. The van der Waals surface area contributed by atoms with Gasteiger partial charge in [0.05, 0.1) is 18.2 Å². The molecule has 29 heavy (non-hydrogen) atoms. The van der Waals surface area contributed by atoms with Crippen molar-refractivity contribution >= 4 is 11.8 Å². The van der Waals surface area contributed by atoms with Crippen LogP contribution in [0.1, 0.15) is 62.1 Å². The minimum Gasteiger partial charge on any atom is -0.369 e. The van der Waals surface area contributed by atoms with E-state index in [1.165, 1.54) is 6.42 Å². The zero-order valence-electron chi connectivity index (χ0n) is 17.4. The predicted octanol–water partition coefficient (Wildman–Crippen LogP) is 2.14. The van der Waals surface area contributed by atoms with Crippen molar-refractivity contribution in [2.24, 2.45) is 23.7 Å². The Morgan fingerprint density at radius 3 is 2.93 bits per heavy atom. The number of ether oxygens (including phenoxy) is 1. The molecule has 1 spiro atoms. The Hall–Kier alpha value is -1.89. The van der Waals surface area contributed by atoms with Crippen LogP contribution in [-0.4, -0.2) is 58.3 Å². The van der Waals surface area contributed by atoms with Crippen LogP contribution in [0.15, 0.2) is 6.07 Å². The second-order valence-electron chi connectivity index (χ2n) is 9.96. The maximum absolute atomic E-state index is 12.8. The molecule has 2 N–H and O–H groups in total. The summed E-state index contributed by atoms with van der Waals surface area (Å²) in [7, 11) is 0. The molecule has 4 heterocycles. The first-order chi connectivity index (χ1) is 13.9. The smallest absolute Gasteiger partial charge is 0.271 e. The van der Waals surface area contributed by atoms with E-state index < -0.39 is 0 Å². The van der Waals surface area contributed by atoms with Gasteiger partial charge in [-0.1, -0.05) is 20.3 Å². The van der Waals surface area contributed by atoms with Gasteiger partial charge in [0.25, 0.3) is 5.91 Å². The van der Waals surface area contributed by atoms with Gasteiger partial charge in [-0.3, -0.25) is 14.7 Å². The summed E-state index contributed by atoms with van der Waals surface area (Å²) in [5.74, 6) is 1.56. The van der Waals surface area contributed by atoms with Crippen molar-refractivity contribution < 1.29 is 14.3 Å². The number of nitrogens with zero attached hydrogens (tertiary/aromatic N) is 2. The second-order valence-corrected chi connectivity index (χ2v) is 9.96. The zero-order valence-corrected chi connectivity index (χ0v) is 17.4. The molecule has 0 radical (unpaired) electrons. The molecule has 4 aliphatic rings. The monoisotopic (exact) mass is 400 g/mol. The van der Waals surface area contributed by atoms with E-state index in [0.29, 0.717) is 30.0 Å². The summed E-state index contributed by atoms with van der Waals surface area (Å²) in [6.45, 7) is 6.41. The first-order valence-electron chi connectivity index (χ1n) is 11.2. The van der Waals surface area contributed by atoms with Crippen molar-refractivity contribution in [1.82, 2.24) is 20.4 Å². The molecular weight excluding hydrogens is 368 g/mol. The lowest BCUT2D eigenvalue weighted by Crippen LogP contribution is -2.42. The number of carbonyl (C=O) groups excluding carboxylic acids is 2. The first-order valence-corrected chi connectivity index (χ1v) is 11.2. The molecule has 4 atom stereocenters. The molecule has 1 aromatic rings. The zero-order chi connectivity index (χ0) is 20.2. The molecule has 0 aromatic carbocycles. The Morgan fingerprint density at radius 1 is 1.38 bits per heavy atom. The molecule has 1 aromatic heterocycles. The molecule has 3 aliphatic heterocycles. The number of carbonyl (C=O) groups is 2. The van der Waals surface area contributed by atoms with Crippen molar-refractivity contribution in [3.63, 3.8) is 0 Å².